The van der Waals surface area contributed by atoms with E-state index in [-0.39, 0.29) is 11.3 Å². The molecule has 1 aromatic carbocycles. The van der Waals surface area contributed by atoms with Crippen molar-refractivity contribution in [1.82, 2.24) is 10.3 Å². The highest BCUT2D eigenvalue weighted by Gasteiger charge is 2.42. The van der Waals surface area contributed by atoms with Crippen LogP contribution < -0.4 is 5.32 Å². The first-order valence-corrected chi connectivity index (χ1v) is 8.94. The fourth-order valence-electron chi connectivity index (χ4n) is 3.41. The molecule has 1 amide bonds. The van der Waals surface area contributed by atoms with Crippen LogP contribution >= 0.6 is 15.9 Å². The van der Waals surface area contributed by atoms with Crippen molar-refractivity contribution in [2.24, 2.45) is 0 Å². The summed E-state index contributed by atoms with van der Waals surface area (Å²) >= 11 is 3.47. The van der Waals surface area contributed by atoms with Crippen LogP contribution in [-0.4, -0.2) is 17.4 Å². The van der Waals surface area contributed by atoms with Crippen molar-refractivity contribution < 1.29 is 4.79 Å². The minimum absolute atomic E-state index is 0.160. The number of nitrogens with zero attached hydrogens (tertiary/aromatic N) is 1. The van der Waals surface area contributed by atoms with Gasteiger partial charge in [-0.15, -0.1) is 0 Å². The Labute approximate surface area is 145 Å². The number of nitrogens with one attached hydrogen (secondary N) is 1. The minimum Gasteiger partial charge on any atom is -0.355 e. The summed E-state index contributed by atoms with van der Waals surface area (Å²) in [6.45, 7) is 0.633. The van der Waals surface area contributed by atoms with Gasteiger partial charge in [-0.1, -0.05) is 47.0 Å². The van der Waals surface area contributed by atoms with Gasteiger partial charge in [-0.2, -0.15) is 0 Å². The van der Waals surface area contributed by atoms with Crippen LogP contribution in [-0.2, 0) is 16.6 Å². The Morgan fingerprint density at radius 3 is 2.52 bits per heavy atom. The highest BCUT2D eigenvalue weighted by molar-refractivity contribution is 9.10. The van der Waals surface area contributed by atoms with Crippen molar-refractivity contribution in [3.05, 3.63) is 64.4 Å². The van der Waals surface area contributed by atoms with Crippen molar-refractivity contribution in [1.29, 1.82) is 0 Å². The highest BCUT2D eigenvalue weighted by Crippen LogP contribution is 2.41. The maximum absolute atomic E-state index is 12.9. The summed E-state index contributed by atoms with van der Waals surface area (Å²) in [6.07, 6.45) is 6.65. The largest absolute Gasteiger partial charge is 0.355 e. The van der Waals surface area contributed by atoms with E-state index in [2.05, 4.69) is 38.4 Å². The van der Waals surface area contributed by atoms with Crippen molar-refractivity contribution >= 4 is 21.8 Å². The molecule has 1 aliphatic rings. The third kappa shape index (κ3) is 3.63. The van der Waals surface area contributed by atoms with E-state index >= 15 is 0 Å². The number of benzene rings is 1. The van der Waals surface area contributed by atoms with Crippen molar-refractivity contribution in [3.8, 4) is 0 Å². The van der Waals surface area contributed by atoms with Gasteiger partial charge in [0.15, 0.2) is 0 Å². The normalized spacial score (nSPS) is 16.2. The van der Waals surface area contributed by atoms with Gasteiger partial charge in [0.25, 0.3) is 0 Å². The minimum atomic E-state index is -0.356. The summed E-state index contributed by atoms with van der Waals surface area (Å²) in [7, 11) is 0. The van der Waals surface area contributed by atoms with Crippen LogP contribution in [0, 0.1) is 0 Å². The number of hydrogen-bond donors (Lipinski definition) is 1. The lowest BCUT2D eigenvalue weighted by Gasteiger charge is -2.28. The molecule has 2 aromatic rings. The molecule has 0 atom stereocenters. The lowest BCUT2D eigenvalue weighted by molar-refractivity contribution is -0.126. The average Bonchev–Trinajstić information content (AvgIpc) is 3.07. The molecule has 1 fully saturated rings. The van der Waals surface area contributed by atoms with Gasteiger partial charge in [0.1, 0.15) is 0 Å². The second-order valence-electron chi connectivity index (χ2n) is 6.12. The number of carbonyl (C=O) groups is 1. The van der Waals surface area contributed by atoms with Gasteiger partial charge in [-0.05, 0) is 42.7 Å². The first-order valence-electron chi connectivity index (χ1n) is 8.15. The lowest BCUT2D eigenvalue weighted by atomic mass is 9.78. The number of rotatable bonds is 5. The van der Waals surface area contributed by atoms with Crippen LogP contribution in [0.3, 0.4) is 0 Å². The zero-order chi connectivity index (χ0) is 16.1. The quantitative estimate of drug-likeness (QED) is 0.860. The van der Waals surface area contributed by atoms with Crippen molar-refractivity contribution in [3.63, 3.8) is 0 Å². The second kappa shape index (κ2) is 7.26. The van der Waals surface area contributed by atoms with E-state index in [4.69, 9.17) is 0 Å². The number of hydrogen-bond acceptors (Lipinski definition) is 2. The van der Waals surface area contributed by atoms with Gasteiger partial charge in [0.2, 0.25) is 5.91 Å². The molecule has 1 aromatic heterocycles. The maximum atomic E-state index is 12.9. The van der Waals surface area contributed by atoms with E-state index < -0.39 is 0 Å². The van der Waals surface area contributed by atoms with Crippen molar-refractivity contribution in [2.45, 2.75) is 37.5 Å². The second-order valence-corrected chi connectivity index (χ2v) is 7.04. The summed E-state index contributed by atoms with van der Waals surface area (Å²) in [5, 5.41) is 3.14. The number of aromatic nitrogens is 1. The summed E-state index contributed by atoms with van der Waals surface area (Å²) in [4.78, 5) is 17.2. The standard InChI is InChI=1S/C19H21BrN2O/c20-16-8-6-15(7-9-16)19(11-2-3-12-19)18(23)22-14-10-17-5-1-4-13-21-17/h1,4-9,13H,2-3,10-12,14H2,(H,22,23). The smallest absolute Gasteiger partial charge is 0.230 e. The third-order valence-electron chi connectivity index (χ3n) is 4.68. The van der Waals surface area contributed by atoms with E-state index in [0.29, 0.717) is 6.54 Å². The summed E-state index contributed by atoms with van der Waals surface area (Å²) in [6, 6.07) is 14.1. The molecular weight excluding hydrogens is 352 g/mol. The van der Waals surface area contributed by atoms with Crippen molar-refractivity contribution in [2.75, 3.05) is 6.54 Å². The number of halogens is 1. The Balaban J connectivity index is 1.68. The van der Waals surface area contributed by atoms with Gasteiger partial charge in [0, 0.05) is 29.3 Å². The molecule has 1 saturated carbocycles. The van der Waals surface area contributed by atoms with Crippen LogP contribution in [0.2, 0.25) is 0 Å². The molecule has 3 nitrogen and oxygen atoms in total. The topological polar surface area (TPSA) is 42.0 Å². The molecule has 0 saturated heterocycles. The SMILES string of the molecule is O=C(NCCc1ccccn1)C1(c2ccc(Br)cc2)CCCC1. The van der Waals surface area contributed by atoms with E-state index in [1.807, 2.05) is 30.3 Å². The molecule has 23 heavy (non-hydrogen) atoms. The predicted octanol–water partition coefficient (Wildman–Crippen LogP) is 4.01. The van der Waals surface area contributed by atoms with Gasteiger partial charge >= 0.3 is 0 Å². The Hall–Kier alpha value is -1.68. The summed E-state index contributed by atoms with van der Waals surface area (Å²) < 4.78 is 1.05. The van der Waals surface area contributed by atoms with Crippen LogP contribution in [0.15, 0.2) is 53.1 Å². The summed E-state index contributed by atoms with van der Waals surface area (Å²) in [5.41, 5.74) is 1.79. The summed E-state index contributed by atoms with van der Waals surface area (Å²) in [5.74, 6) is 0.160. The number of amides is 1. The van der Waals surface area contributed by atoms with Gasteiger partial charge in [0.05, 0.1) is 5.41 Å². The van der Waals surface area contributed by atoms with E-state index in [1.165, 1.54) is 0 Å². The highest BCUT2D eigenvalue weighted by atomic mass is 79.9. The molecule has 3 rings (SSSR count). The maximum Gasteiger partial charge on any atom is 0.230 e. The molecule has 0 radical (unpaired) electrons. The molecule has 120 valence electrons. The number of carbonyl (C=O) groups excluding carboxylic acids is 1. The average molecular weight is 373 g/mol. The Morgan fingerprint density at radius 2 is 1.87 bits per heavy atom. The van der Waals surface area contributed by atoms with E-state index in [0.717, 1.165) is 47.8 Å². The Kier molecular flexibility index (Phi) is 5.11. The molecule has 4 heteroatoms. The third-order valence-corrected chi connectivity index (χ3v) is 5.21. The van der Waals surface area contributed by atoms with Crippen LogP contribution in [0.1, 0.15) is 36.9 Å². The van der Waals surface area contributed by atoms with Gasteiger partial charge in [-0.3, -0.25) is 9.78 Å². The molecular formula is C19H21BrN2O. The van der Waals surface area contributed by atoms with E-state index in [1.54, 1.807) is 6.20 Å². The molecule has 1 aliphatic carbocycles. The van der Waals surface area contributed by atoms with E-state index in [9.17, 15) is 4.79 Å². The van der Waals surface area contributed by atoms with Gasteiger partial charge in [-0.25, -0.2) is 0 Å². The Morgan fingerprint density at radius 1 is 1.13 bits per heavy atom. The monoisotopic (exact) mass is 372 g/mol. The van der Waals surface area contributed by atoms with Crippen LogP contribution in [0.25, 0.3) is 0 Å². The Bertz CT molecular complexity index is 649. The molecule has 0 aliphatic heterocycles. The lowest BCUT2D eigenvalue weighted by Crippen LogP contribution is -2.43. The number of pyridine rings is 1. The fraction of sp³-hybridized carbons (Fsp3) is 0.368. The molecule has 1 N–H and O–H groups in total. The molecule has 0 bridgehead atoms. The molecule has 1 heterocycles. The van der Waals surface area contributed by atoms with Gasteiger partial charge < -0.3 is 5.32 Å². The molecule has 0 spiro atoms. The predicted molar refractivity (Wildman–Crippen MR) is 95.2 cm³/mol. The van der Waals surface area contributed by atoms with Crippen LogP contribution in [0.5, 0.6) is 0 Å². The zero-order valence-electron chi connectivity index (χ0n) is 13.1. The fourth-order valence-corrected chi connectivity index (χ4v) is 3.68. The first kappa shape index (κ1) is 16.2. The first-order chi connectivity index (χ1) is 11.2. The molecule has 0 unspecified atom stereocenters. The zero-order valence-corrected chi connectivity index (χ0v) is 14.7. The van der Waals surface area contributed by atoms with Crippen LogP contribution in [0.4, 0.5) is 0 Å².